The van der Waals surface area contributed by atoms with Crippen molar-refractivity contribution >= 4 is 32.6 Å². The van der Waals surface area contributed by atoms with Crippen molar-refractivity contribution in [1.82, 2.24) is 4.57 Å². The van der Waals surface area contributed by atoms with Crippen molar-refractivity contribution in [2.75, 3.05) is 0 Å². The molecule has 0 unspecified atom stereocenters. The fraction of sp³-hybridized carbons (Fsp3) is 0.0345. The molecule has 0 amide bonds. The Balaban J connectivity index is 1.69. The maximum absolute atomic E-state index is 13.8. The molecule has 0 spiro atoms. The van der Waals surface area contributed by atoms with Crippen molar-refractivity contribution < 1.29 is 17.6 Å². The smallest absolute Gasteiger partial charge is 0.309 e. The molecule has 0 saturated heterocycles. The standard InChI is InChI=1S/C29H17F4N/c30-18-15-16-21(25(17-18)29(31,32)33)19-9-5-11-22-20(19)10-6-14-28(22)34-26-12-3-1-7-23(26)24-8-2-4-13-27(24)34/h1-17H. The summed E-state index contributed by atoms with van der Waals surface area (Å²) in [5, 5.41) is 3.68. The fourth-order valence-corrected chi connectivity index (χ4v) is 4.89. The predicted molar refractivity (Wildman–Crippen MR) is 129 cm³/mol. The van der Waals surface area contributed by atoms with Crippen LogP contribution in [0.2, 0.25) is 0 Å². The van der Waals surface area contributed by atoms with E-state index in [2.05, 4.69) is 16.7 Å². The van der Waals surface area contributed by atoms with E-state index in [0.29, 0.717) is 17.0 Å². The second-order valence-corrected chi connectivity index (χ2v) is 8.24. The third-order valence-electron chi connectivity index (χ3n) is 6.30. The van der Waals surface area contributed by atoms with Gasteiger partial charge in [-0.05, 0) is 46.8 Å². The summed E-state index contributed by atoms with van der Waals surface area (Å²) in [4.78, 5) is 0. The summed E-state index contributed by atoms with van der Waals surface area (Å²) < 4.78 is 57.3. The maximum atomic E-state index is 13.8. The minimum absolute atomic E-state index is 0.0427. The van der Waals surface area contributed by atoms with Gasteiger partial charge in [0.25, 0.3) is 0 Å². The summed E-state index contributed by atoms with van der Waals surface area (Å²) in [6.45, 7) is 0. The van der Waals surface area contributed by atoms with Gasteiger partial charge in [-0.2, -0.15) is 13.2 Å². The summed E-state index contributed by atoms with van der Waals surface area (Å²) in [5.74, 6) is -0.915. The number of hydrogen-bond donors (Lipinski definition) is 0. The predicted octanol–water partition coefficient (Wildman–Crippen LogP) is 8.76. The van der Waals surface area contributed by atoms with Crippen molar-refractivity contribution in [2.24, 2.45) is 0 Å². The topological polar surface area (TPSA) is 4.93 Å². The minimum atomic E-state index is -4.68. The molecule has 0 radical (unpaired) electrons. The molecule has 0 saturated carbocycles. The van der Waals surface area contributed by atoms with Gasteiger partial charge in [-0.15, -0.1) is 0 Å². The van der Waals surface area contributed by atoms with E-state index in [1.54, 1.807) is 12.1 Å². The van der Waals surface area contributed by atoms with E-state index in [-0.39, 0.29) is 5.56 Å². The number of nitrogens with zero attached hydrogens (tertiary/aromatic N) is 1. The van der Waals surface area contributed by atoms with E-state index < -0.39 is 17.6 Å². The first-order chi connectivity index (χ1) is 16.4. The van der Waals surface area contributed by atoms with E-state index in [4.69, 9.17) is 0 Å². The van der Waals surface area contributed by atoms with Crippen molar-refractivity contribution in [3.8, 4) is 16.8 Å². The summed E-state index contributed by atoms with van der Waals surface area (Å²) in [7, 11) is 0. The number of fused-ring (bicyclic) bond motifs is 4. The normalized spacial score (nSPS) is 12.1. The van der Waals surface area contributed by atoms with Crippen LogP contribution in [0.5, 0.6) is 0 Å². The van der Waals surface area contributed by atoms with Crippen molar-refractivity contribution in [2.45, 2.75) is 6.18 Å². The van der Waals surface area contributed by atoms with Crippen LogP contribution in [0.4, 0.5) is 17.6 Å². The van der Waals surface area contributed by atoms with E-state index in [0.717, 1.165) is 38.9 Å². The molecule has 0 atom stereocenters. The van der Waals surface area contributed by atoms with E-state index in [9.17, 15) is 17.6 Å². The highest BCUT2D eigenvalue weighted by atomic mass is 19.4. The summed E-state index contributed by atoms with van der Waals surface area (Å²) in [6, 6.07) is 29.9. The molecule has 1 aromatic heterocycles. The average molecular weight is 455 g/mol. The van der Waals surface area contributed by atoms with Gasteiger partial charge in [0.05, 0.1) is 22.3 Å². The first kappa shape index (κ1) is 20.5. The van der Waals surface area contributed by atoms with E-state index >= 15 is 0 Å². The molecule has 6 aromatic rings. The maximum Gasteiger partial charge on any atom is 0.417 e. The zero-order valence-corrected chi connectivity index (χ0v) is 17.8. The second-order valence-electron chi connectivity index (χ2n) is 8.24. The number of alkyl halides is 3. The van der Waals surface area contributed by atoms with Crippen LogP contribution >= 0.6 is 0 Å². The van der Waals surface area contributed by atoms with Gasteiger partial charge in [-0.25, -0.2) is 4.39 Å². The van der Waals surface area contributed by atoms with Gasteiger partial charge in [0.15, 0.2) is 0 Å². The number of benzene rings is 5. The van der Waals surface area contributed by atoms with Gasteiger partial charge < -0.3 is 4.57 Å². The molecule has 0 bridgehead atoms. The Hall–Kier alpha value is -4.12. The molecular weight excluding hydrogens is 438 g/mol. The van der Waals surface area contributed by atoms with Gasteiger partial charge in [0.1, 0.15) is 5.82 Å². The van der Waals surface area contributed by atoms with Gasteiger partial charge in [0.2, 0.25) is 0 Å². The molecule has 5 aromatic carbocycles. The number of aromatic nitrogens is 1. The average Bonchev–Trinajstić information content (AvgIpc) is 3.17. The minimum Gasteiger partial charge on any atom is -0.309 e. The molecule has 34 heavy (non-hydrogen) atoms. The third-order valence-corrected chi connectivity index (χ3v) is 6.30. The van der Waals surface area contributed by atoms with Crippen LogP contribution < -0.4 is 0 Å². The lowest BCUT2D eigenvalue weighted by Gasteiger charge is -2.17. The Morgan fingerprint density at radius 3 is 1.79 bits per heavy atom. The number of para-hydroxylation sites is 2. The molecule has 0 aliphatic carbocycles. The van der Waals surface area contributed by atoms with E-state index in [1.165, 1.54) is 6.07 Å². The summed E-state index contributed by atoms with van der Waals surface area (Å²) in [6.07, 6.45) is -4.68. The van der Waals surface area contributed by atoms with Gasteiger partial charge in [-0.1, -0.05) is 72.8 Å². The van der Waals surface area contributed by atoms with Crippen LogP contribution in [0.1, 0.15) is 5.56 Å². The largest absolute Gasteiger partial charge is 0.417 e. The van der Waals surface area contributed by atoms with Crippen molar-refractivity contribution in [3.05, 3.63) is 115 Å². The number of halogens is 4. The molecule has 1 nitrogen and oxygen atoms in total. The molecule has 5 heteroatoms. The molecule has 6 rings (SSSR count). The first-order valence-corrected chi connectivity index (χ1v) is 10.8. The summed E-state index contributed by atoms with van der Waals surface area (Å²) in [5.41, 5.74) is 2.28. The Kier molecular flexibility index (Phi) is 4.49. The second kappa shape index (κ2) is 7.45. The molecule has 166 valence electrons. The van der Waals surface area contributed by atoms with Crippen LogP contribution in [-0.2, 0) is 6.18 Å². The lowest BCUT2D eigenvalue weighted by Crippen LogP contribution is -2.08. The molecule has 0 aliphatic rings. The highest BCUT2D eigenvalue weighted by Crippen LogP contribution is 2.41. The highest BCUT2D eigenvalue weighted by molar-refractivity contribution is 6.11. The third kappa shape index (κ3) is 3.08. The first-order valence-electron chi connectivity index (χ1n) is 10.8. The molecule has 0 aliphatic heterocycles. The van der Waals surface area contributed by atoms with Gasteiger partial charge >= 0.3 is 6.18 Å². The van der Waals surface area contributed by atoms with Crippen LogP contribution in [-0.4, -0.2) is 4.57 Å². The zero-order valence-electron chi connectivity index (χ0n) is 17.8. The van der Waals surface area contributed by atoms with E-state index in [1.807, 2.05) is 60.7 Å². The quantitative estimate of drug-likeness (QED) is 0.230. The van der Waals surface area contributed by atoms with Gasteiger partial charge in [0, 0.05) is 16.2 Å². The Morgan fingerprint density at radius 2 is 1.12 bits per heavy atom. The van der Waals surface area contributed by atoms with Crippen molar-refractivity contribution in [1.29, 1.82) is 0 Å². The number of hydrogen-bond acceptors (Lipinski definition) is 0. The SMILES string of the molecule is Fc1ccc(-c2cccc3c(-n4c5ccccc5c5ccccc54)cccc23)c(C(F)(F)F)c1. The summed E-state index contributed by atoms with van der Waals surface area (Å²) >= 11 is 0. The molecular formula is C29H17F4N. The lowest BCUT2D eigenvalue weighted by molar-refractivity contribution is -0.137. The van der Waals surface area contributed by atoms with Crippen LogP contribution in [0, 0.1) is 5.82 Å². The Labute approximate surface area is 192 Å². The van der Waals surface area contributed by atoms with Crippen molar-refractivity contribution in [3.63, 3.8) is 0 Å². The fourth-order valence-electron chi connectivity index (χ4n) is 4.89. The van der Waals surface area contributed by atoms with Crippen LogP contribution in [0.3, 0.4) is 0 Å². The Bertz CT molecular complexity index is 1660. The molecule has 0 N–H and O–H groups in total. The lowest BCUT2D eigenvalue weighted by atomic mass is 9.93. The molecule has 0 fully saturated rings. The van der Waals surface area contributed by atoms with Gasteiger partial charge in [-0.3, -0.25) is 0 Å². The van der Waals surface area contributed by atoms with Crippen LogP contribution in [0.15, 0.2) is 103 Å². The molecule has 1 heterocycles. The Morgan fingerprint density at radius 1 is 0.529 bits per heavy atom. The van der Waals surface area contributed by atoms with Crippen LogP contribution in [0.25, 0.3) is 49.4 Å². The number of rotatable bonds is 2. The monoisotopic (exact) mass is 455 g/mol. The highest BCUT2D eigenvalue weighted by Gasteiger charge is 2.34. The zero-order chi connectivity index (χ0) is 23.4.